The highest BCUT2D eigenvalue weighted by Crippen LogP contribution is 2.41. The Kier molecular flexibility index (Phi) is 2.00. The molecule has 2 nitrogen and oxygen atoms in total. The fourth-order valence-corrected chi connectivity index (χ4v) is 0.915. The molecule has 0 aromatic rings. The molecule has 0 saturated heterocycles. The predicted octanol–water partition coefficient (Wildman–Crippen LogP) is 1.66. The molecule has 0 N–H and O–H groups in total. The van der Waals surface area contributed by atoms with Gasteiger partial charge in [-0.3, -0.25) is 0 Å². The van der Waals surface area contributed by atoms with E-state index in [2.05, 4.69) is 4.99 Å². The Bertz CT molecular complexity index is 190. The number of alkyl halides is 3. The van der Waals surface area contributed by atoms with Crippen molar-refractivity contribution in [3.63, 3.8) is 0 Å². The van der Waals surface area contributed by atoms with Crippen molar-refractivity contribution < 1.29 is 18.0 Å². The maximum absolute atomic E-state index is 11.9. The number of rotatable bonds is 2. The van der Waals surface area contributed by atoms with E-state index in [9.17, 15) is 18.0 Å². The summed E-state index contributed by atoms with van der Waals surface area (Å²) >= 11 is 0. The van der Waals surface area contributed by atoms with Crippen molar-refractivity contribution in [2.24, 2.45) is 10.9 Å². The summed E-state index contributed by atoms with van der Waals surface area (Å²) in [6.45, 7) is 0. The van der Waals surface area contributed by atoms with Crippen LogP contribution in [0.2, 0.25) is 0 Å². The zero-order chi connectivity index (χ0) is 8.48. The second kappa shape index (κ2) is 2.66. The summed E-state index contributed by atoms with van der Waals surface area (Å²) in [5.41, 5.74) is 0. The third-order valence-corrected chi connectivity index (χ3v) is 1.60. The standard InChI is InChI=1S/C6H6F3NO/c7-6(8,9)5(10-3-11)4-1-2-4/h4-5H,1-2H2. The first-order valence-electron chi connectivity index (χ1n) is 3.19. The lowest BCUT2D eigenvalue weighted by Gasteiger charge is -2.12. The van der Waals surface area contributed by atoms with Gasteiger partial charge in [-0.2, -0.15) is 18.2 Å². The minimum absolute atomic E-state index is 0.476. The zero-order valence-electron chi connectivity index (χ0n) is 5.56. The van der Waals surface area contributed by atoms with Crippen molar-refractivity contribution >= 4 is 6.08 Å². The maximum Gasteiger partial charge on any atom is 0.411 e. The topological polar surface area (TPSA) is 29.4 Å². The van der Waals surface area contributed by atoms with Gasteiger partial charge in [0.2, 0.25) is 6.08 Å². The first-order valence-corrected chi connectivity index (χ1v) is 3.19. The molecule has 1 fully saturated rings. The summed E-state index contributed by atoms with van der Waals surface area (Å²) < 4.78 is 35.8. The number of hydrogen-bond donors (Lipinski definition) is 0. The average molecular weight is 165 g/mol. The van der Waals surface area contributed by atoms with Crippen LogP contribution in [0.5, 0.6) is 0 Å². The van der Waals surface area contributed by atoms with Gasteiger partial charge in [-0.25, -0.2) is 4.79 Å². The summed E-state index contributed by atoms with van der Waals surface area (Å²) in [4.78, 5) is 12.3. The van der Waals surface area contributed by atoms with Crippen molar-refractivity contribution in [1.82, 2.24) is 0 Å². The molecule has 0 heterocycles. The number of aliphatic imine (C=N–C) groups is 1. The van der Waals surface area contributed by atoms with E-state index in [-0.39, 0.29) is 0 Å². The fraction of sp³-hybridized carbons (Fsp3) is 0.833. The summed E-state index contributed by atoms with van der Waals surface area (Å²) in [6.07, 6.45) is -2.41. The van der Waals surface area contributed by atoms with Gasteiger partial charge in [0.1, 0.15) is 0 Å². The molecule has 1 saturated carbocycles. The van der Waals surface area contributed by atoms with Gasteiger partial charge >= 0.3 is 6.18 Å². The van der Waals surface area contributed by atoms with Crippen molar-refractivity contribution in [3.8, 4) is 0 Å². The Labute approximate surface area is 61.1 Å². The first kappa shape index (κ1) is 8.27. The van der Waals surface area contributed by atoms with Crippen LogP contribution in [-0.4, -0.2) is 18.3 Å². The molecule has 0 aromatic carbocycles. The number of nitrogens with zero attached hydrogens (tertiary/aromatic N) is 1. The number of carbonyl (C=O) groups excluding carboxylic acids is 1. The van der Waals surface area contributed by atoms with Crippen LogP contribution >= 0.6 is 0 Å². The van der Waals surface area contributed by atoms with E-state index in [1.54, 1.807) is 0 Å². The third-order valence-electron chi connectivity index (χ3n) is 1.60. The molecule has 1 atom stereocenters. The summed E-state index contributed by atoms with van der Waals surface area (Å²) in [7, 11) is 0. The van der Waals surface area contributed by atoms with Crippen molar-refractivity contribution in [3.05, 3.63) is 0 Å². The van der Waals surface area contributed by atoms with Gasteiger partial charge < -0.3 is 0 Å². The highest BCUT2D eigenvalue weighted by atomic mass is 19.4. The summed E-state index contributed by atoms with van der Waals surface area (Å²) in [6, 6.07) is -1.81. The van der Waals surface area contributed by atoms with E-state index in [0.29, 0.717) is 12.8 Å². The molecule has 62 valence electrons. The molecule has 0 aliphatic heterocycles. The van der Waals surface area contributed by atoms with Gasteiger partial charge in [-0.15, -0.1) is 0 Å². The van der Waals surface area contributed by atoms with Crippen LogP contribution < -0.4 is 0 Å². The molecule has 1 rings (SSSR count). The Balaban J connectivity index is 2.65. The molecule has 1 aliphatic rings. The van der Waals surface area contributed by atoms with Crippen molar-refractivity contribution in [2.45, 2.75) is 25.1 Å². The molecular formula is C6H6F3NO. The predicted molar refractivity (Wildman–Crippen MR) is 30.7 cm³/mol. The van der Waals surface area contributed by atoms with E-state index in [1.807, 2.05) is 0 Å². The zero-order valence-corrected chi connectivity index (χ0v) is 5.56. The second-order valence-corrected chi connectivity index (χ2v) is 2.54. The van der Waals surface area contributed by atoms with Crippen LogP contribution in [-0.2, 0) is 4.79 Å². The molecule has 0 bridgehead atoms. The van der Waals surface area contributed by atoms with Crippen LogP contribution in [0.1, 0.15) is 12.8 Å². The molecule has 11 heavy (non-hydrogen) atoms. The molecule has 0 radical (unpaired) electrons. The first-order chi connectivity index (χ1) is 5.05. The van der Waals surface area contributed by atoms with Gasteiger partial charge in [0, 0.05) is 0 Å². The Morgan fingerprint density at radius 1 is 1.45 bits per heavy atom. The van der Waals surface area contributed by atoms with E-state index in [4.69, 9.17) is 0 Å². The van der Waals surface area contributed by atoms with Crippen LogP contribution in [0.15, 0.2) is 4.99 Å². The minimum Gasteiger partial charge on any atom is -0.211 e. The Morgan fingerprint density at radius 2 is 2.00 bits per heavy atom. The van der Waals surface area contributed by atoms with Crippen LogP contribution in [0.25, 0.3) is 0 Å². The summed E-state index contributed by atoms with van der Waals surface area (Å²) in [5, 5.41) is 0. The second-order valence-electron chi connectivity index (χ2n) is 2.54. The molecular weight excluding hydrogens is 159 g/mol. The van der Waals surface area contributed by atoms with Gasteiger partial charge in [0.15, 0.2) is 6.04 Å². The number of halogens is 3. The average Bonchev–Trinajstić information content (AvgIpc) is 2.61. The highest BCUT2D eigenvalue weighted by Gasteiger charge is 2.49. The van der Waals surface area contributed by atoms with E-state index >= 15 is 0 Å². The maximum atomic E-state index is 11.9. The van der Waals surface area contributed by atoms with Gasteiger partial charge in [-0.05, 0) is 18.8 Å². The molecule has 0 amide bonds. The minimum atomic E-state index is -4.38. The monoisotopic (exact) mass is 165 g/mol. The lowest BCUT2D eigenvalue weighted by atomic mass is 10.2. The highest BCUT2D eigenvalue weighted by molar-refractivity contribution is 5.34. The third kappa shape index (κ3) is 2.05. The Hall–Kier alpha value is -0.830. The van der Waals surface area contributed by atoms with Crippen LogP contribution in [0.4, 0.5) is 13.2 Å². The molecule has 1 unspecified atom stereocenters. The van der Waals surface area contributed by atoms with Crippen molar-refractivity contribution in [2.75, 3.05) is 0 Å². The summed E-state index contributed by atoms with van der Waals surface area (Å²) in [5.74, 6) is -0.476. The lowest BCUT2D eigenvalue weighted by molar-refractivity contribution is -0.151. The Morgan fingerprint density at radius 3 is 2.27 bits per heavy atom. The van der Waals surface area contributed by atoms with Crippen LogP contribution in [0.3, 0.4) is 0 Å². The smallest absolute Gasteiger partial charge is 0.211 e. The lowest BCUT2D eigenvalue weighted by Crippen LogP contribution is -2.28. The SMILES string of the molecule is O=C=NC(C1CC1)C(F)(F)F. The number of hydrogen-bond acceptors (Lipinski definition) is 2. The van der Waals surface area contributed by atoms with Crippen LogP contribution in [0, 0.1) is 5.92 Å². The molecule has 0 aromatic heterocycles. The van der Waals surface area contributed by atoms with Gasteiger partial charge in [-0.1, -0.05) is 0 Å². The van der Waals surface area contributed by atoms with E-state index in [0.717, 1.165) is 6.08 Å². The molecule has 5 heteroatoms. The molecule has 1 aliphatic carbocycles. The quantitative estimate of drug-likeness (QED) is 0.452. The normalized spacial score (nSPS) is 20.6. The fourth-order valence-electron chi connectivity index (χ4n) is 0.915. The largest absolute Gasteiger partial charge is 0.411 e. The van der Waals surface area contributed by atoms with E-state index < -0.39 is 18.1 Å². The van der Waals surface area contributed by atoms with Gasteiger partial charge in [0.05, 0.1) is 0 Å². The number of isocyanates is 1. The molecule has 0 spiro atoms. The van der Waals surface area contributed by atoms with Gasteiger partial charge in [0.25, 0.3) is 0 Å². The van der Waals surface area contributed by atoms with Crippen molar-refractivity contribution in [1.29, 1.82) is 0 Å². The van der Waals surface area contributed by atoms with E-state index in [1.165, 1.54) is 0 Å².